The molecule has 1 aromatic heterocycles. The lowest BCUT2D eigenvalue weighted by Crippen LogP contribution is -2.35. The molecule has 0 radical (unpaired) electrons. The molecule has 0 aromatic carbocycles. The zero-order valence-corrected chi connectivity index (χ0v) is 12.0. The Hall–Kier alpha value is -0.830. The monoisotopic (exact) mass is 237 g/mol. The van der Waals surface area contributed by atoms with E-state index in [0.29, 0.717) is 11.5 Å². The second-order valence-electron chi connectivity index (χ2n) is 6.10. The lowest BCUT2D eigenvalue weighted by atomic mass is 9.86. The van der Waals surface area contributed by atoms with Crippen molar-refractivity contribution in [1.82, 2.24) is 15.1 Å². The second-order valence-corrected chi connectivity index (χ2v) is 6.10. The van der Waals surface area contributed by atoms with Crippen LogP contribution in [-0.4, -0.2) is 22.4 Å². The molecule has 3 heteroatoms. The summed E-state index contributed by atoms with van der Waals surface area (Å²) < 4.78 is 1.88. The van der Waals surface area contributed by atoms with Gasteiger partial charge in [-0.25, -0.2) is 0 Å². The molecule has 0 saturated carbocycles. The van der Waals surface area contributed by atoms with Gasteiger partial charge in [-0.2, -0.15) is 5.10 Å². The molecule has 0 aliphatic heterocycles. The lowest BCUT2D eigenvalue weighted by Gasteiger charge is -2.26. The van der Waals surface area contributed by atoms with E-state index in [-0.39, 0.29) is 0 Å². The van der Waals surface area contributed by atoms with Gasteiger partial charge in [0.1, 0.15) is 0 Å². The van der Waals surface area contributed by atoms with Gasteiger partial charge in [-0.15, -0.1) is 0 Å². The molecule has 0 aliphatic carbocycles. The van der Waals surface area contributed by atoms with Gasteiger partial charge in [-0.3, -0.25) is 4.68 Å². The highest BCUT2D eigenvalue weighted by Gasteiger charge is 2.19. The number of hydrogen-bond acceptors (Lipinski definition) is 2. The van der Waals surface area contributed by atoms with E-state index in [4.69, 9.17) is 0 Å². The molecule has 0 amide bonds. The number of rotatable bonds is 6. The fourth-order valence-corrected chi connectivity index (χ4v) is 2.13. The number of hydrogen-bond donors (Lipinski definition) is 1. The molecule has 1 heterocycles. The molecule has 1 atom stereocenters. The Morgan fingerprint density at radius 2 is 2.12 bits per heavy atom. The first-order chi connectivity index (χ1) is 7.90. The summed E-state index contributed by atoms with van der Waals surface area (Å²) in [6.07, 6.45) is 5.41. The molecule has 0 bridgehead atoms. The van der Waals surface area contributed by atoms with Gasteiger partial charge >= 0.3 is 0 Å². The van der Waals surface area contributed by atoms with Crippen molar-refractivity contribution in [3.05, 3.63) is 18.0 Å². The SMILES string of the molecule is CCCNC(Cc1ccn(C)n1)CC(C)(C)C. The van der Waals surface area contributed by atoms with Gasteiger partial charge in [0.25, 0.3) is 0 Å². The zero-order chi connectivity index (χ0) is 12.9. The standard InChI is InChI=1S/C14H27N3/c1-6-8-15-13(11-14(2,3)4)10-12-7-9-17(5)16-12/h7,9,13,15H,6,8,10-11H2,1-5H3. The summed E-state index contributed by atoms with van der Waals surface area (Å²) in [6.45, 7) is 10.2. The van der Waals surface area contributed by atoms with Crippen molar-refractivity contribution < 1.29 is 0 Å². The van der Waals surface area contributed by atoms with Crippen LogP contribution in [0.25, 0.3) is 0 Å². The summed E-state index contributed by atoms with van der Waals surface area (Å²) in [5, 5.41) is 8.10. The Morgan fingerprint density at radius 1 is 1.41 bits per heavy atom. The molecule has 1 unspecified atom stereocenters. The summed E-state index contributed by atoms with van der Waals surface area (Å²) in [6, 6.07) is 2.65. The van der Waals surface area contributed by atoms with Crippen LogP contribution in [0, 0.1) is 5.41 Å². The van der Waals surface area contributed by atoms with Crippen LogP contribution in [-0.2, 0) is 13.5 Å². The molecule has 0 fully saturated rings. The fourth-order valence-electron chi connectivity index (χ4n) is 2.13. The first kappa shape index (κ1) is 14.2. The number of nitrogens with one attached hydrogen (secondary N) is 1. The third-order valence-electron chi connectivity index (χ3n) is 2.77. The number of aryl methyl sites for hydroxylation is 1. The zero-order valence-electron chi connectivity index (χ0n) is 12.0. The van der Waals surface area contributed by atoms with E-state index in [1.165, 1.54) is 18.5 Å². The Kier molecular flexibility index (Phi) is 5.19. The highest BCUT2D eigenvalue weighted by molar-refractivity contribution is 5.01. The number of nitrogens with zero attached hydrogens (tertiary/aromatic N) is 2. The van der Waals surface area contributed by atoms with Gasteiger partial charge in [0, 0.05) is 25.7 Å². The van der Waals surface area contributed by atoms with Crippen molar-refractivity contribution >= 4 is 0 Å². The molecule has 0 saturated heterocycles. The molecule has 0 aliphatic rings. The minimum atomic E-state index is 0.361. The van der Waals surface area contributed by atoms with Crippen LogP contribution in [0.2, 0.25) is 0 Å². The van der Waals surface area contributed by atoms with E-state index in [2.05, 4.69) is 44.2 Å². The van der Waals surface area contributed by atoms with Crippen molar-refractivity contribution in [2.75, 3.05) is 6.54 Å². The van der Waals surface area contributed by atoms with Crippen LogP contribution in [0.5, 0.6) is 0 Å². The average Bonchev–Trinajstić information content (AvgIpc) is 2.58. The summed E-state index contributed by atoms with van der Waals surface area (Å²) in [7, 11) is 1.97. The minimum absolute atomic E-state index is 0.361. The molecule has 1 rings (SSSR count). The molecular formula is C14H27N3. The van der Waals surface area contributed by atoms with Gasteiger partial charge in [0.15, 0.2) is 0 Å². The van der Waals surface area contributed by atoms with Crippen molar-refractivity contribution in [2.24, 2.45) is 12.5 Å². The van der Waals surface area contributed by atoms with Gasteiger partial charge < -0.3 is 5.32 Å². The van der Waals surface area contributed by atoms with Crippen LogP contribution >= 0.6 is 0 Å². The Morgan fingerprint density at radius 3 is 2.59 bits per heavy atom. The van der Waals surface area contributed by atoms with Gasteiger partial charge in [-0.1, -0.05) is 27.7 Å². The first-order valence-corrected chi connectivity index (χ1v) is 6.62. The van der Waals surface area contributed by atoms with Gasteiger partial charge in [0.05, 0.1) is 5.69 Å². The van der Waals surface area contributed by atoms with Gasteiger partial charge in [0.2, 0.25) is 0 Å². The van der Waals surface area contributed by atoms with Crippen LogP contribution in [0.1, 0.15) is 46.2 Å². The summed E-state index contributed by atoms with van der Waals surface area (Å²) in [5.74, 6) is 0. The predicted molar refractivity (Wildman–Crippen MR) is 73.1 cm³/mol. The first-order valence-electron chi connectivity index (χ1n) is 6.62. The van der Waals surface area contributed by atoms with Crippen molar-refractivity contribution in [2.45, 2.75) is 53.0 Å². The second kappa shape index (κ2) is 6.20. The highest BCUT2D eigenvalue weighted by atomic mass is 15.2. The molecule has 0 spiro atoms. The molecule has 17 heavy (non-hydrogen) atoms. The highest BCUT2D eigenvalue weighted by Crippen LogP contribution is 2.22. The molecular weight excluding hydrogens is 210 g/mol. The van der Waals surface area contributed by atoms with E-state index < -0.39 is 0 Å². The third kappa shape index (κ3) is 5.87. The van der Waals surface area contributed by atoms with Crippen LogP contribution < -0.4 is 5.32 Å². The molecule has 1 aromatic rings. The Labute approximate surface area is 106 Å². The molecule has 3 nitrogen and oxygen atoms in total. The Bertz CT molecular complexity index is 322. The average molecular weight is 237 g/mol. The Balaban J connectivity index is 2.56. The summed E-state index contributed by atoms with van der Waals surface area (Å²) >= 11 is 0. The fraction of sp³-hybridized carbons (Fsp3) is 0.786. The van der Waals surface area contributed by atoms with E-state index in [1.54, 1.807) is 0 Å². The van der Waals surface area contributed by atoms with Crippen LogP contribution in [0.15, 0.2) is 12.3 Å². The van der Waals surface area contributed by atoms with E-state index in [1.807, 2.05) is 17.9 Å². The van der Waals surface area contributed by atoms with Crippen LogP contribution in [0.3, 0.4) is 0 Å². The number of aromatic nitrogens is 2. The quantitative estimate of drug-likeness (QED) is 0.824. The topological polar surface area (TPSA) is 29.9 Å². The van der Waals surface area contributed by atoms with E-state index >= 15 is 0 Å². The normalized spacial score (nSPS) is 13.9. The maximum absolute atomic E-state index is 4.47. The predicted octanol–water partition coefficient (Wildman–Crippen LogP) is 2.77. The summed E-state index contributed by atoms with van der Waals surface area (Å²) in [5.41, 5.74) is 1.55. The van der Waals surface area contributed by atoms with Crippen molar-refractivity contribution in [1.29, 1.82) is 0 Å². The maximum atomic E-state index is 4.47. The third-order valence-corrected chi connectivity index (χ3v) is 2.77. The largest absolute Gasteiger partial charge is 0.314 e. The maximum Gasteiger partial charge on any atom is 0.0640 e. The lowest BCUT2D eigenvalue weighted by molar-refractivity contribution is 0.305. The van der Waals surface area contributed by atoms with Crippen molar-refractivity contribution in [3.63, 3.8) is 0 Å². The van der Waals surface area contributed by atoms with Gasteiger partial charge in [-0.05, 0) is 30.9 Å². The minimum Gasteiger partial charge on any atom is -0.314 e. The van der Waals surface area contributed by atoms with Crippen molar-refractivity contribution in [3.8, 4) is 0 Å². The van der Waals surface area contributed by atoms with E-state index in [9.17, 15) is 0 Å². The molecule has 1 N–H and O–H groups in total. The van der Waals surface area contributed by atoms with Crippen LogP contribution in [0.4, 0.5) is 0 Å². The smallest absolute Gasteiger partial charge is 0.0640 e. The van der Waals surface area contributed by atoms with E-state index in [0.717, 1.165) is 13.0 Å². The summed E-state index contributed by atoms with van der Waals surface area (Å²) in [4.78, 5) is 0. The molecule has 98 valence electrons.